The molecule has 0 unspecified atom stereocenters. The first kappa shape index (κ1) is 20.9. The van der Waals surface area contributed by atoms with Crippen LogP contribution < -0.4 is 9.47 Å². The predicted molar refractivity (Wildman–Crippen MR) is 102 cm³/mol. The SMILES string of the molecule is CC(C)(C)Oc1cc(O)ccc1S(=O)(=O)c1ccc(O)cc1OC(C)(C)C. The van der Waals surface area contributed by atoms with Crippen LogP contribution in [0, 0.1) is 0 Å². The highest BCUT2D eigenvalue weighted by atomic mass is 32.2. The van der Waals surface area contributed by atoms with Gasteiger partial charge in [-0.05, 0) is 65.8 Å². The lowest BCUT2D eigenvalue weighted by Crippen LogP contribution is -2.25. The highest BCUT2D eigenvalue weighted by Crippen LogP contribution is 2.39. The number of phenols is 2. The molecular weight excluding hydrogens is 368 g/mol. The van der Waals surface area contributed by atoms with Gasteiger partial charge < -0.3 is 19.7 Å². The van der Waals surface area contributed by atoms with Gasteiger partial charge in [0.25, 0.3) is 0 Å². The topological polar surface area (TPSA) is 93.1 Å². The van der Waals surface area contributed by atoms with Crippen molar-refractivity contribution in [3.63, 3.8) is 0 Å². The molecule has 2 rings (SSSR count). The summed E-state index contributed by atoms with van der Waals surface area (Å²) in [5, 5.41) is 19.6. The Labute approximate surface area is 160 Å². The second-order valence-electron chi connectivity index (χ2n) is 8.19. The van der Waals surface area contributed by atoms with Crippen LogP contribution in [0.5, 0.6) is 23.0 Å². The molecule has 2 aromatic rings. The van der Waals surface area contributed by atoms with Crippen LogP contribution in [0.2, 0.25) is 0 Å². The quantitative estimate of drug-likeness (QED) is 0.804. The van der Waals surface area contributed by atoms with Crippen molar-refractivity contribution in [1.29, 1.82) is 0 Å². The molecule has 27 heavy (non-hydrogen) atoms. The fourth-order valence-electron chi connectivity index (χ4n) is 2.38. The molecule has 6 nitrogen and oxygen atoms in total. The molecule has 0 amide bonds. The molecule has 7 heteroatoms. The molecule has 0 heterocycles. The van der Waals surface area contributed by atoms with Crippen molar-refractivity contribution in [2.75, 3.05) is 0 Å². The van der Waals surface area contributed by atoms with Gasteiger partial charge in [0.05, 0.1) is 0 Å². The zero-order valence-corrected chi connectivity index (χ0v) is 17.2. The Balaban J connectivity index is 2.67. The first-order valence-corrected chi connectivity index (χ1v) is 9.96. The molecule has 0 fully saturated rings. The molecule has 2 aromatic carbocycles. The average molecular weight is 394 g/mol. The molecule has 0 atom stereocenters. The number of rotatable bonds is 4. The second kappa shape index (κ2) is 6.96. The fourth-order valence-corrected chi connectivity index (χ4v) is 3.84. The van der Waals surface area contributed by atoms with E-state index in [9.17, 15) is 18.6 Å². The smallest absolute Gasteiger partial charge is 0.213 e. The van der Waals surface area contributed by atoms with E-state index >= 15 is 0 Å². The van der Waals surface area contributed by atoms with Gasteiger partial charge in [0.2, 0.25) is 9.84 Å². The Hall–Kier alpha value is -2.41. The molecule has 0 aliphatic carbocycles. The van der Waals surface area contributed by atoms with Crippen LogP contribution in [0.15, 0.2) is 46.2 Å². The summed E-state index contributed by atoms with van der Waals surface area (Å²) >= 11 is 0. The van der Waals surface area contributed by atoms with Gasteiger partial charge in [0.15, 0.2) is 0 Å². The van der Waals surface area contributed by atoms with Crippen LogP contribution in [0.25, 0.3) is 0 Å². The number of phenolic OH excluding ortho intramolecular Hbond substituents is 2. The first-order chi connectivity index (χ1) is 12.2. The summed E-state index contributed by atoms with van der Waals surface area (Å²) in [5.41, 5.74) is -1.34. The summed E-state index contributed by atoms with van der Waals surface area (Å²) < 4.78 is 38.2. The van der Waals surface area contributed by atoms with Crippen molar-refractivity contribution in [2.45, 2.75) is 62.5 Å². The molecule has 0 spiro atoms. The van der Waals surface area contributed by atoms with Crippen molar-refractivity contribution in [2.24, 2.45) is 0 Å². The summed E-state index contributed by atoms with van der Waals surface area (Å²) in [5.74, 6) is -0.135. The van der Waals surface area contributed by atoms with Crippen molar-refractivity contribution < 1.29 is 28.1 Å². The minimum absolute atomic E-state index is 0.0392. The summed E-state index contributed by atoms with van der Waals surface area (Å²) in [4.78, 5) is -0.195. The van der Waals surface area contributed by atoms with Crippen LogP contribution in [0.4, 0.5) is 0 Å². The lowest BCUT2D eigenvalue weighted by atomic mass is 10.2. The van der Waals surface area contributed by atoms with E-state index in [1.54, 1.807) is 41.5 Å². The summed E-state index contributed by atoms with van der Waals surface area (Å²) in [6.07, 6.45) is 0. The van der Waals surface area contributed by atoms with Crippen LogP contribution >= 0.6 is 0 Å². The van der Waals surface area contributed by atoms with E-state index in [1.807, 2.05) is 0 Å². The number of sulfone groups is 1. The Bertz CT molecular complexity index is 862. The second-order valence-corrected chi connectivity index (χ2v) is 10.1. The molecule has 0 saturated heterocycles. The van der Waals surface area contributed by atoms with Gasteiger partial charge in [-0.15, -0.1) is 0 Å². The zero-order chi connectivity index (χ0) is 20.6. The number of aromatic hydroxyl groups is 2. The fraction of sp³-hybridized carbons (Fsp3) is 0.400. The van der Waals surface area contributed by atoms with Crippen molar-refractivity contribution >= 4 is 9.84 Å². The van der Waals surface area contributed by atoms with E-state index in [-0.39, 0.29) is 32.8 Å². The largest absolute Gasteiger partial charge is 0.508 e. The zero-order valence-electron chi connectivity index (χ0n) is 16.4. The molecule has 0 aromatic heterocycles. The van der Waals surface area contributed by atoms with E-state index in [0.717, 1.165) is 0 Å². The summed E-state index contributed by atoms with van der Waals surface area (Å²) in [6, 6.07) is 7.69. The highest BCUT2D eigenvalue weighted by molar-refractivity contribution is 7.91. The summed E-state index contributed by atoms with van der Waals surface area (Å²) in [6.45, 7) is 10.7. The molecular formula is C20H26O6S. The van der Waals surface area contributed by atoms with Crippen LogP contribution in [-0.2, 0) is 9.84 Å². The number of hydrogen-bond acceptors (Lipinski definition) is 6. The van der Waals surface area contributed by atoms with Crippen molar-refractivity contribution in [1.82, 2.24) is 0 Å². The third-order valence-electron chi connectivity index (χ3n) is 3.27. The Morgan fingerprint density at radius 2 is 1.04 bits per heavy atom. The van der Waals surface area contributed by atoms with Crippen molar-refractivity contribution in [3.8, 4) is 23.0 Å². The first-order valence-electron chi connectivity index (χ1n) is 8.48. The molecule has 2 N–H and O–H groups in total. The van der Waals surface area contributed by atoms with Crippen LogP contribution in [0.1, 0.15) is 41.5 Å². The number of hydrogen-bond donors (Lipinski definition) is 2. The van der Waals surface area contributed by atoms with Gasteiger partial charge in [0, 0.05) is 12.1 Å². The van der Waals surface area contributed by atoms with Gasteiger partial charge in [0.1, 0.15) is 44.0 Å². The van der Waals surface area contributed by atoms with Gasteiger partial charge in [-0.25, -0.2) is 8.42 Å². The normalized spacial score (nSPS) is 12.7. The molecule has 0 bridgehead atoms. The van der Waals surface area contributed by atoms with Gasteiger partial charge in [-0.2, -0.15) is 0 Å². The minimum atomic E-state index is -4.05. The van der Waals surface area contributed by atoms with E-state index < -0.39 is 21.0 Å². The van der Waals surface area contributed by atoms with Gasteiger partial charge >= 0.3 is 0 Å². The standard InChI is InChI=1S/C20H26O6S/c1-19(2,3)25-15-11-13(21)7-9-17(15)27(23,24)18-10-8-14(22)12-16(18)26-20(4,5)6/h7-12,21-22H,1-6H3. The lowest BCUT2D eigenvalue weighted by molar-refractivity contribution is 0.125. The average Bonchev–Trinajstić information content (AvgIpc) is 2.43. The third kappa shape index (κ3) is 5.29. The monoisotopic (exact) mass is 394 g/mol. The molecule has 0 aliphatic rings. The lowest BCUT2D eigenvalue weighted by Gasteiger charge is -2.25. The maximum atomic E-state index is 13.3. The minimum Gasteiger partial charge on any atom is -0.508 e. The van der Waals surface area contributed by atoms with E-state index in [1.165, 1.54) is 36.4 Å². The highest BCUT2D eigenvalue weighted by Gasteiger charge is 2.29. The Morgan fingerprint density at radius 3 is 1.33 bits per heavy atom. The molecule has 0 radical (unpaired) electrons. The van der Waals surface area contributed by atoms with E-state index in [4.69, 9.17) is 9.47 Å². The predicted octanol–water partition coefficient (Wildman–Crippen LogP) is 4.29. The van der Waals surface area contributed by atoms with Gasteiger partial charge in [-0.3, -0.25) is 0 Å². The Kier molecular flexibility index (Phi) is 5.39. The molecule has 148 valence electrons. The molecule has 0 saturated carbocycles. The Morgan fingerprint density at radius 1 is 0.704 bits per heavy atom. The number of benzene rings is 2. The van der Waals surface area contributed by atoms with E-state index in [0.29, 0.717) is 0 Å². The third-order valence-corrected chi connectivity index (χ3v) is 5.10. The summed E-state index contributed by atoms with van der Waals surface area (Å²) in [7, 11) is -4.05. The number of ether oxygens (including phenoxy) is 2. The maximum absolute atomic E-state index is 13.3. The van der Waals surface area contributed by atoms with Crippen LogP contribution in [-0.4, -0.2) is 29.8 Å². The van der Waals surface area contributed by atoms with Gasteiger partial charge in [-0.1, -0.05) is 0 Å². The van der Waals surface area contributed by atoms with Crippen molar-refractivity contribution in [3.05, 3.63) is 36.4 Å². The molecule has 0 aliphatic heterocycles. The maximum Gasteiger partial charge on any atom is 0.213 e. The van der Waals surface area contributed by atoms with E-state index in [2.05, 4.69) is 0 Å². The van der Waals surface area contributed by atoms with Crippen LogP contribution in [0.3, 0.4) is 0 Å².